The first-order chi connectivity index (χ1) is 8.59. The van der Waals surface area contributed by atoms with Gasteiger partial charge in [0.1, 0.15) is 5.82 Å². The number of carbonyl (C=O) groups is 2. The minimum Gasteiger partial charge on any atom is -0.349 e. The lowest BCUT2D eigenvalue weighted by Gasteiger charge is -2.19. The van der Waals surface area contributed by atoms with Crippen molar-refractivity contribution in [2.24, 2.45) is 0 Å². The molecule has 98 valence electrons. The molecule has 2 heterocycles. The van der Waals surface area contributed by atoms with E-state index in [2.05, 4.69) is 15.3 Å². The molecule has 6 heteroatoms. The molecule has 0 spiro atoms. The Kier molecular flexibility index (Phi) is 3.76. The summed E-state index contributed by atoms with van der Waals surface area (Å²) in [6.07, 6.45) is 4.43. The van der Waals surface area contributed by atoms with Gasteiger partial charge in [-0.25, -0.2) is 4.98 Å². The first-order valence-electron chi connectivity index (χ1n) is 6.17. The molecule has 0 aliphatic carbocycles. The molecular formula is C12H18N4O2. The molecular weight excluding hydrogens is 232 g/mol. The number of amides is 2. The quantitative estimate of drug-likeness (QED) is 0.725. The number of aromatic amines is 1. The van der Waals surface area contributed by atoms with Gasteiger partial charge in [-0.05, 0) is 13.8 Å². The zero-order chi connectivity index (χ0) is 13.1. The van der Waals surface area contributed by atoms with Crippen molar-refractivity contribution in [2.75, 3.05) is 6.54 Å². The predicted molar refractivity (Wildman–Crippen MR) is 65.7 cm³/mol. The lowest BCUT2D eigenvalue weighted by Crippen LogP contribution is -2.42. The molecule has 1 aromatic heterocycles. The van der Waals surface area contributed by atoms with Crippen molar-refractivity contribution in [1.29, 1.82) is 0 Å². The Morgan fingerprint density at radius 3 is 2.89 bits per heavy atom. The van der Waals surface area contributed by atoms with E-state index in [0.29, 0.717) is 13.0 Å². The number of imide groups is 1. The van der Waals surface area contributed by atoms with Gasteiger partial charge in [-0.2, -0.15) is 0 Å². The summed E-state index contributed by atoms with van der Waals surface area (Å²) in [6.45, 7) is 4.32. The van der Waals surface area contributed by atoms with E-state index in [4.69, 9.17) is 0 Å². The standard InChI is InChI=1S/C12H18N4O2/c1-8(2)16-11(17)7-9(12(16)18)13-4-3-10-14-5-6-15-10/h5-6,8-9,13H,3-4,7H2,1-2H3,(H,14,15). The molecule has 6 nitrogen and oxygen atoms in total. The van der Waals surface area contributed by atoms with Gasteiger partial charge < -0.3 is 10.3 Å². The Morgan fingerprint density at radius 1 is 1.56 bits per heavy atom. The van der Waals surface area contributed by atoms with Gasteiger partial charge in [0.15, 0.2) is 0 Å². The van der Waals surface area contributed by atoms with Gasteiger partial charge >= 0.3 is 0 Å². The van der Waals surface area contributed by atoms with Crippen LogP contribution < -0.4 is 5.32 Å². The van der Waals surface area contributed by atoms with Crippen LogP contribution in [0, 0.1) is 0 Å². The summed E-state index contributed by atoms with van der Waals surface area (Å²) in [5.74, 6) is 0.667. The monoisotopic (exact) mass is 250 g/mol. The average molecular weight is 250 g/mol. The number of aromatic nitrogens is 2. The van der Waals surface area contributed by atoms with Gasteiger partial charge in [0.05, 0.1) is 12.5 Å². The molecule has 2 amide bonds. The van der Waals surface area contributed by atoms with E-state index in [9.17, 15) is 9.59 Å². The van der Waals surface area contributed by atoms with Crippen molar-refractivity contribution in [3.05, 3.63) is 18.2 Å². The number of H-pyrrole nitrogens is 1. The van der Waals surface area contributed by atoms with Gasteiger partial charge in [0.2, 0.25) is 11.8 Å². The van der Waals surface area contributed by atoms with Crippen LogP contribution in [0.1, 0.15) is 26.1 Å². The topological polar surface area (TPSA) is 78.1 Å². The zero-order valence-electron chi connectivity index (χ0n) is 10.6. The molecule has 1 aliphatic rings. The molecule has 0 aromatic carbocycles. The van der Waals surface area contributed by atoms with Crippen LogP contribution in [-0.2, 0) is 16.0 Å². The first kappa shape index (κ1) is 12.8. The number of hydrogen-bond acceptors (Lipinski definition) is 4. The predicted octanol–water partition coefficient (Wildman–Crippen LogP) is 0.0777. The Bertz CT molecular complexity index is 427. The summed E-state index contributed by atoms with van der Waals surface area (Å²) >= 11 is 0. The second-order valence-corrected chi connectivity index (χ2v) is 4.69. The fourth-order valence-electron chi connectivity index (χ4n) is 2.15. The molecule has 1 aromatic rings. The fourth-order valence-corrected chi connectivity index (χ4v) is 2.15. The third kappa shape index (κ3) is 2.59. The second kappa shape index (κ2) is 5.30. The summed E-state index contributed by atoms with van der Waals surface area (Å²) in [5.41, 5.74) is 0. The van der Waals surface area contributed by atoms with Crippen molar-refractivity contribution in [3.63, 3.8) is 0 Å². The van der Waals surface area contributed by atoms with Crippen molar-refractivity contribution in [2.45, 2.75) is 38.8 Å². The summed E-state index contributed by atoms with van der Waals surface area (Å²) in [7, 11) is 0. The smallest absolute Gasteiger partial charge is 0.247 e. The zero-order valence-corrected chi connectivity index (χ0v) is 10.6. The molecule has 0 bridgehead atoms. The van der Waals surface area contributed by atoms with Crippen molar-refractivity contribution >= 4 is 11.8 Å². The van der Waals surface area contributed by atoms with Crippen LogP contribution in [0.4, 0.5) is 0 Å². The maximum Gasteiger partial charge on any atom is 0.247 e. The lowest BCUT2D eigenvalue weighted by molar-refractivity contribution is -0.140. The summed E-state index contributed by atoms with van der Waals surface area (Å²) in [4.78, 5) is 32.1. The molecule has 1 fully saturated rings. The SMILES string of the molecule is CC(C)N1C(=O)CC(NCCc2ncc[nH]2)C1=O. The number of rotatable bonds is 5. The van der Waals surface area contributed by atoms with E-state index in [1.165, 1.54) is 4.90 Å². The number of carbonyl (C=O) groups excluding carboxylic acids is 2. The number of nitrogens with one attached hydrogen (secondary N) is 2. The maximum absolute atomic E-state index is 12.0. The minimum atomic E-state index is -0.380. The van der Waals surface area contributed by atoms with E-state index < -0.39 is 0 Å². The molecule has 1 unspecified atom stereocenters. The van der Waals surface area contributed by atoms with Crippen LogP contribution in [0.2, 0.25) is 0 Å². The highest BCUT2D eigenvalue weighted by Crippen LogP contribution is 2.15. The Morgan fingerprint density at radius 2 is 2.33 bits per heavy atom. The Balaban J connectivity index is 1.84. The molecule has 1 saturated heterocycles. The fraction of sp³-hybridized carbons (Fsp3) is 0.583. The van der Waals surface area contributed by atoms with E-state index in [-0.39, 0.29) is 30.3 Å². The van der Waals surface area contributed by atoms with E-state index in [1.807, 2.05) is 13.8 Å². The van der Waals surface area contributed by atoms with Gasteiger partial charge in [0.25, 0.3) is 0 Å². The second-order valence-electron chi connectivity index (χ2n) is 4.69. The lowest BCUT2D eigenvalue weighted by atomic mass is 10.2. The maximum atomic E-state index is 12.0. The van der Waals surface area contributed by atoms with E-state index in [0.717, 1.165) is 5.82 Å². The van der Waals surface area contributed by atoms with Gasteiger partial charge in [-0.3, -0.25) is 14.5 Å². The summed E-state index contributed by atoms with van der Waals surface area (Å²) in [5, 5.41) is 3.11. The number of hydrogen-bond donors (Lipinski definition) is 2. The van der Waals surface area contributed by atoms with Crippen molar-refractivity contribution in [3.8, 4) is 0 Å². The van der Waals surface area contributed by atoms with Crippen LogP contribution in [0.5, 0.6) is 0 Å². The summed E-state index contributed by atoms with van der Waals surface area (Å²) in [6, 6.07) is -0.447. The van der Waals surface area contributed by atoms with Crippen LogP contribution >= 0.6 is 0 Å². The number of nitrogens with zero attached hydrogens (tertiary/aromatic N) is 2. The highest BCUT2D eigenvalue weighted by Gasteiger charge is 2.39. The minimum absolute atomic E-state index is 0.0677. The van der Waals surface area contributed by atoms with E-state index in [1.54, 1.807) is 12.4 Å². The largest absolute Gasteiger partial charge is 0.349 e. The van der Waals surface area contributed by atoms with Crippen LogP contribution in [0.3, 0.4) is 0 Å². The van der Waals surface area contributed by atoms with Crippen LogP contribution in [0.25, 0.3) is 0 Å². The third-order valence-corrected chi connectivity index (χ3v) is 3.01. The van der Waals surface area contributed by atoms with Crippen LogP contribution in [0.15, 0.2) is 12.4 Å². The van der Waals surface area contributed by atoms with Crippen LogP contribution in [-0.4, -0.2) is 45.3 Å². The molecule has 2 N–H and O–H groups in total. The highest BCUT2D eigenvalue weighted by molar-refractivity contribution is 6.05. The Labute approximate surface area is 106 Å². The number of imidazole rings is 1. The molecule has 0 radical (unpaired) electrons. The molecule has 1 aliphatic heterocycles. The molecule has 2 rings (SSSR count). The average Bonchev–Trinajstić information content (AvgIpc) is 2.88. The molecule has 1 atom stereocenters. The molecule has 18 heavy (non-hydrogen) atoms. The van der Waals surface area contributed by atoms with E-state index >= 15 is 0 Å². The van der Waals surface area contributed by atoms with Crippen molar-refractivity contribution < 1.29 is 9.59 Å². The number of likely N-dealkylation sites (tertiary alicyclic amines) is 1. The molecule has 0 saturated carbocycles. The summed E-state index contributed by atoms with van der Waals surface area (Å²) < 4.78 is 0. The van der Waals surface area contributed by atoms with Gasteiger partial charge in [0, 0.05) is 31.4 Å². The first-order valence-corrected chi connectivity index (χ1v) is 6.17. The van der Waals surface area contributed by atoms with Gasteiger partial charge in [-0.1, -0.05) is 0 Å². The normalized spacial score (nSPS) is 20.2. The Hall–Kier alpha value is -1.69. The third-order valence-electron chi connectivity index (χ3n) is 3.01. The van der Waals surface area contributed by atoms with Gasteiger partial charge in [-0.15, -0.1) is 0 Å². The highest BCUT2D eigenvalue weighted by atomic mass is 16.2. The van der Waals surface area contributed by atoms with Crippen molar-refractivity contribution in [1.82, 2.24) is 20.2 Å².